The van der Waals surface area contributed by atoms with Gasteiger partial charge in [0, 0.05) is 23.7 Å². The van der Waals surface area contributed by atoms with Gasteiger partial charge in [-0.2, -0.15) is 0 Å². The molecular formula is C19H25ClN2O4. The van der Waals surface area contributed by atoms with Gasteiger partial charge >= 0.3 is 5.97 Å². The van der Waals surface area contributed by atoms with Crippen LogP contribution in [0.5, 0.6) is 0 Å². The van der Waals surface area contributed by atoms with Crippen LogP contribution in [0.2, 0.25) is 5.02 Å². The monoisotopic (exact) mass is 380 g/mol. The average molecular weight is 381 g/mol. The van der Waals surface area contributed by atoms with Crippen molar-refractivity contribution in [3.05, 3.63) is 34.9 Å². The zero-order chi connectivity index (χ0) is 19.1. The van der Waals surface area contributed by atoms with Crippen LogP contribution in [0.4, 0.5) is 0 Å². The highest BCUT2D eigenvalue weighted by Crippen LogP contribution is 2.22. The Balaban J connectivity index is 1.77. The van der Waals surface area contributed by atoms with Crippen LogP contribution in [-0.4, -0.2) is 48.4 Å². The van der Waals surface area contributed by atoms with Gasteiger partial charge in [-0.3, -0.25) is 14.4 Å². The lowest BCUT2D eigenvalue weighted by atomic mass is 9.94. The molecule has 0 aromatic heterocycles. The number of nitrogens with one attached hydrogen (secondary N) is 1. The molecule has 6 nitrogen and oxygen atoms in total. The maximum absolute atomic E-state index is 12.4. The van der Waals surface area contributed by atoms with Crippen LogP contribution < -0.4 is 5.32 Å². The number of hydrogen-bond donors (Lipinski definition) is 1. The highest BCUT2D eigenvalue weighted by molar-refractivity contribution is 6.30. The number of ether oxygens (including phenoxy) is 1. The maximum Gasteiger partial charge on any atom is 0.326 e. The lowest BCUT2D eigenvalue weighted by molar-refractivity contribution is -0.158. The second-order valence-corrected chi connectivity index (χ2v) is 7.00. The Labute approximate surface area is 158 Å². The summed E-state index contributed by atoms with van der Waals surface area (Å²) in [6.45, 7) is 1.26. The van der Waals surface area contributed by atoms with E-state index in [-0.39, 0.29) is 18.5 Å². The molecule has 0 heterocycles. The second kappa shape index (κ2) is 9.57. The van der Waals surface area contributed by atoms with Gasteiger partial charge in [0.2, 0.25) is 0 Å². The Bertz CT molecular complexity index is 641. The minimum Gasteiger partial charge on any atom is -0.451 e. The topological polar surface area (TPSA) is 75.7 Å². The van der Waals surface area contributed by atoms with Crippen molar-refractivity contribution in [3.8, 4) is 0 Å². The minimum absolute atomic E-state index is 0.210. The third-order valence-corrected chi connectivity index (χ3v) is 4.88. The Morgan fingerprint density at radius 2 is 1.81 bits per heavy atom. The molecule has 7 heteroatoms. The van der Waals surface area contributed by atoms with Gasteiger partial charge < -0.3 is 15.0 Å². The molecule has 2 rings (SSSR count). The van der Waals surface area contributed by atoms with E-state index < -0.39 is 18.0 Å². The van der Waals surface area contributed by atoms with Crippen molar-refractivity contribution >= 4 is 29.4 Å². The average Bonchev–Trinajstić information content (AvgIpc) is 2.66. The Hall–Kier alpha value is -2.08. The van der Waals surface area contributed by atoms with Gasteiger partial charge in [-0.15, -0.1) is 0 Å². The van der Waals surface area contributed by atoms with Crippen molar-refractivity contribution in [1.82, 2.24) is 10.2 Å². The summed E-state index contributed by atoms with van der Waals surface area (Å²) in [6.07, 6.45) is 4.54. The molecule has 0 aliphatic heterocycles. The number of likely N-dealkylation sites (N-methyl/N-ethyl adjacent to an activating group) is 1. The molecule has 0 unspecified atom stereocenters. The number of amides is 2. The van der Waals surface area contributed by atoms with Gasteiger partial charge in [0.1, 0.15) is 6.54 Å². The van der Waals surface area contributed by atoms with Crippen molar-refractivity contribution < 1.29 is 19.1 Å². The van der Waals surface area contributed by atoms with Crippen LogP contribution in [0.3, 0.4) is 0 Å². The number of carbonyl (C=O) groups is 3. The molecule has 1 fully saturated rings. The van der Waals surface area contributed by atoms with Crippen LogP contribution in [0.25, 0.3) is 0 Å². The third-order valence-electron chi connectivity index (χ3n) is 4.63. The molecule has 1 aliphatic rings. The number of hydrogen-bond acceptors (Lipinski definition) is 4. The summed E-state index contributed by atoms with van der Waals surface area (Å²) in [7, 11) is 1.75. The largest absolute Gasteiger partial charge is 0.451 e. The number of halogens is 1. The number of carbonyl (C=O) groups excluding carboxylic acids is 3. The van der Waals surface area contributed by atoms with E-state index in [1.54, 1.807) is 43.1 Å². The van der Waals surface area contributed by atoms with E-state index in [2.05, 4.69) is 5.32 Å². The van der Waals surface area contributed by atoms with Crippen molar-refractivity contribution in [1.29, 1.82) is 0 Å². The lowest BCUT2D eigenvalue weighted by Crippen LogP contribution is -2.45. The minimum atomic E-state index is -0.873. The Kier molecular flexibility index (Phi) is 7.45. The van der Waals surface area contributed by atoms with Crippen molar-refractivity contribution in [3.63, 3.8) is 0 Å². The van der Waals surface area contributed by atoms with E-state index in [4.69, 9.17) is 16.3 Å². The first kappa shape index (κ1) is 20.2. The van der Waals surface area contributed by atoms with E-state index in [9.17, 15) is 14.4 Å². The summed E-state index contributed by atoms with van der Waals surface area (Å²) in [4.78, 5) is 38.0. The third kappa shape index (κ3) is 5.73. The number of benzene rings is 1. The molecule has 26 heavy (non-hydrogen) atoms. The zero-order valence-electron chi connectivity index (χ0n) is 15.2. The summed E-state index contributed by atoms with van der Waals surface area (Å²) < 4.78 is 5.16. The van der Waals surface area contributed by atoms with E-state index in [0.717, 1.165) is 25.7 Å². The normalized spacial score (nSPS) is 15.8. The van der Waals surface area contributed by atoms with Gasteiger partial charge in [-0.1, -0.05) is 30.9 Å². The molecule has 0 spiro atoms. The van der Waals surface area contributed by atoms with E-state index in [1.807, 2.05) is 0 Å². The van der Waals surface area contributed by atoms with E-state index in [1.165, 1.54) is 6.42 Å². The van der Waals surface area contributed by atoms with Crippen LogP contribution in [-0.2, 0) is 14.3 Å². The molecule has 1 aromatic rings. The second-order valence-electron chi connectivity index (χ2n) is 6.56. The molecule has 0 saturated heterocycles. The first-order valence-corrected chi connectivity index (χ1v) is 9.26. The molecule has 2 amide bonds. The fraction of sp³-hybridized carbons (Fsp3) is 0.526. The number of rotatable bonds is 6. The van der Waals surface area contributed by atoms with Crippen molar-refractivity contribution in [2.24, 2.45) is 0 Å². The maximum atomic E-state index is 12.4. The number of esters is 1. The standard InChI is InChI=1S/C19H25ClN2O4/c1-13(19(25)22(2)16-6-4-3-5-7-16)26-17(23)12-21-18(24)14-8-10-15(20)11-9-14/h8-11,13,16H,3-7,12H2,1-2H3,(H,21,24)/t13-/m1/s1. The first-order chi connectivity index (χ1) is 12.4. The summed E-state index contributed by atoms with van der Waals surface area (Å²) in [6, 6.07) is 6.53. The number of nitrogens with zero attached hydrogens (tertiary/aromatic N) is 1. The molecule has 0 bridgehead atoms. The predicted octanol–water partition coefficient (Wildman–Crippen LogP) is 2.79. The van der Waals surface area contributed by atoms with Gasteiger partial charge in [-0.25, -0.2) is 0 Å². The Morgan fingerprint density at radius 1 is 1.19 bits per heavy atom. The molecule has 1 N–H and O–H groups in total. The molecule has 1 aliphatic carbocycles. The highest BCUT2D eigenvalue weighted by atomic mass is 35.5. The quantitative estimate of drug-likeness (QED) is 0.770. The van der Waals surface area contributed by atoms with Gasteiger partial charge in [0.25, 0.3) is 11.8 Å². The molecule has 142 valence electrons. The first-order valence-electron chi connectivity index (χ1n) is 8.88. The molecular weight excluding hydrogens is 356 g/mol. The summed E-state index contributed by atoms with van der Waals surface area (Å²) >= 11 is 5.77. The molecule has 1 saturated carbocycles. The van der Waals surface area contributed by atoms with Gasteiger partial charge in [0.15, 0.2) is 6.10 Å². The van der Waals surface area contributed by atoms with E-state index >= 15 is 0 Å². The van der Waals surface area contributed by atoms with Crippen molar-refractivity contribution in [2.45, 2.75) is 51.2 Å². The Morgan fingerprint density at radius 3 is 2.42 bits per heavy atom. The van der Waals surface area contributed by atoms with Crippen LogP contribution >= 0.6 is 11.6 Å². The fourth-order valence-electron chi connectivity index (χ4n) is 3.08. The molecule has 1 aromatic carbocycles. The van der Waals surface area contributed by atoms with E-state index in [0.29, 0.717) is 10.6 Å². The van der Waals surface area contributed by atoms with Crippen LogP contribution in [0.1, 0.15) is 49.4 Å². The summed E-state index contributed by atoms with van der Waals surface area (Å²) in [5.41, 5.74) is 0.392. The highest BCUT2D eigenvalue weighted by Gasteiger charge is 2.27. The van der Waals surface area contributed by atoms with Crippen LogP contribution in [0.15, 0.2) is 24.3 Å². The lowest BCUT2D eigenvalue weighted by Gasteiger charge is -2.32. The zero-order valence-corrected chi connectivity index (χ0v) is 15.9. The molecule has 1 atom stereocenters. The van der Waals surface area contributed by atoms with Gasteiger partial charge in [0.05, 0.1) is 0 Å². The van der Waals surface area contributed by atoms with Gasteiger partial charge in [-0.05, 0) is 44.0 Å². The predicted molar refractivity (Wildman–Crippen MR) is 99.0 cm³/mol. The van der Waals surface area contributed by atoms with Crippen LogP contribution in [0, 0.1) is 0 Å². The SMILES string of the molecule is C[C@@H](OC(=O)CNC(=O)c1ccc(Cl)cc1)C(=O)N(C)C1CCCCC1. The molecule has 0 radical (unpaired) electrons. The summed E-state index contributed by atoms with van der Waals surface area (Å²) in [5.74, 6) is -1.27. The summed E-state index contributed by atoms with van der Waals surface area (Å²) in [5, 5.41) is 3.00. The smallest absolute Gasteiger partial charge is 0.326 e. The van der Waals surface area contributed by atoms with Crippen molar-refractivity contribution in [2.75, 3.05) is 13.6 Å². The fourth-order valence-corrected chi connectivity index (χ4v) is 3.21.